The van der Waals surface area contributed by atoms with Crippen LogP contribution in [0.3, 0.4) is 0 Å². The zero-order valence-electron chi connectivity index (χ0n) is 23.9. The lowest BCUT2D eigenvalue weighted by Crippen LogP contribution is -2.39. The summed E-state index contributed by atoms with van der Waals surface area (Å²) < 4.78 is 33.6. The molecule has 2 N–H and O–H groups in total. The van der Waals surface area contributed by atoms with E-state index in [0.717, 1.165) is 21.0 Å². The lowest BCUT2D eigenvalue weighted by molar-refractivity contribution is -0.119. The first kappa shape index (κ1) is 31.3. The summed E-state index contributed by atoms with van der Waals surface area (Å²) in [6.07, 6.45) is 1.41. The van der Waals surface area contributed by atoms with Crippen LogP contribution >= 0.6 is 11.6 Å². The fourth-order valence-electron chi connectivity index (χ4n) is 3.87. The van der Waals surface area contributed by atoms with Gasteiger partial charge in [0.05, 0.1) is 16.8 Å². The number of hydrazone groups is 1. The number of benzene rings is 4. The molecule has 43 heavy (non-hydrogen) atoms. The molecule has 9 nitrogen and oxygen atoms in total. The summed E-state index contributed by atoms with van der Waals surface area (Å²) in [5.74, 6) is -0.458. The van der Waals surface area contributed by atoms with Gasteiger partial charge in [-0.1, -0.05) is 53.1 Å². The number of hydrogen-bond donors (Lipinski definition) is 2. The molecule has 0 saturated carbocycles. The Balaban J connectivity index is 1.36. The van der Waals surface area contributed by atoms with Gasteiger partial charge < -0.3 is 10.1 Å². The number of halogens is 1. The Hall–Kier alpha value is -4.67. The van der Waals surface area contributed by atoms with Gasteiger partial charge in [-0.05, 0) is 92.6 Å². The topological polar surface area (TPSA) is 117 Å². The molecule has 0 spiro atoms. The number of nitrogens with one attached hydrogen (secondary N) is 2. The Morgan fingerprint density at radius 3 is 2.12 bits per heavy atom. The minimum absolute atomic E-state index is 0.0426. The fourth-order valence-corrected chi connectivity index (χ4v) is 5.45. The molecule has 4 aromatic carbocycles. The van der Waals surface area contributed by atoms with E-state index in [9.17, 15) is 18.0 Å². The number of carbonyl (C=O) groups excluding carboxylic acids is 2. The molecule has 0 heterocycles. The van der Waals surface area contributed by atoms with Crippen LogP contribution in [0, 0.1) is 20.8 Å². The molecule has 2 amide bonds. The molecule has 0 aliphatic rings. The number of carbonyl (C=O) groups is 2. The molecule has 0 aliphatic carbocycles. The number of aryl methyl sites for hydroxylation is 3. The lowest BCUT2D eigenvalue weighted by Gasteiger charge is -2.24. The van der Waals surface area contributed by atoms with Gasteiger partial charge in [-0.3, -0.25) is 13.9 Å². The molecule has 11 heteroatoms. The Kier molecular flexibility index (Phi) is 10.2. The van der Waals surface area contributed by atoms with Crippen LogP contribution in [-0.4, -0.2) is 39.6 Å². The van der Waals surface area contributed by atoms with Crippen molar-refractivity contribution in [2.75, 3.05) is 22.8 Å². The maximum absolute atomic E-state index is 13.5. The lowest BCUT2D eigenvalue weighted by atomic mass is 10.2. The summed E-state index contributed by atoms with van der Waals surface area (Å²) in [5.41, 5.74) is 6.73. The average molecular weight is 619 g/mol. The molecule has 0 unspecified atom stereocenters. The van der Waals surface area contributed by atoms with Crippen LogP contribution in [0.25, 0.3) is 0 Å². The predicted molar refractivity (Wildman–Crippen MR) is 169 cm³/mol. The van der Waals surface area contributed by atoms with E-state index in [1.165, 1.54) is 24.4 Å². The predicted octanol–water partition coefficient (Wildman–Crippen LogP) is 5.63. The van der Waals surface area contributed by atoms with Gasteiger partial charge in [0.1, 0.15) is 12.3 Å². The van der Waals surface area contributed by atoms with Gasteiger partial charge >= 0.3 is 0 Å². The van der Waals surface area contributed by atoms with E-state index in [4.69, 9.17) is 16.3 Å². The van der Waals surface area contributed by atoms with Crippen LogP contribution in [0.4, 0.5) is 11.4 Å². The average Bonchev–Trinajstić information content (AvgIpc) is 2.98. The van der Waals surface area contributed by atoms with E-state index >= 15 is 0 Å². The summed E-state index contributed by atoms with van der Waals surface area (Å²) in [7, 11) is -4.09. The summed E-state index contributed by atoms with van der Waals surface area (Å²) in [4.78, 5) is 25.0. The van der Waals surface area contributed by atoms with E-state index in [1.807, 2.05) is 38.1 Å². The third kappa shape index (κ3) is 8.67. The highest BCUT2D eigenvalue weighted by atomic mass is 35.5. The quantitative estimate of drug-likeness (QED) is 0.167. The van der Waals surface area contributed by atoms with Crippen LogP contribution in [0.1, 0.15) is 22.3 Å². The SMILES string of the molecule is Cc1ccc(NC(=O)COc2ccc(/C=N\NC(=O)CN(c3ccc(C)c(Cl)c3)S(=O)(=O)c3ccc(C)cc3)cc2)cc1. The number of hydrogen-bond acceptors (Lipinski definition) is 6. The van der Waals surface area contributed by atoms with E-state index in [1.54, 1.807) is 55.5 Å². The van der Waals surface area contributed by atoms with Gasteiger partial charge in [0.15, 0.2) is 6.61 Å². The molecular formula is C32H31ClN4O5S. The van der Waals surface area contributed by atoms with Gasteiger partial charge in [0.25, 0.3) is 21.8 Å². The van der Waals surface area contributed by atoms with Gasteiger partial charge in [-0.15, -0.1) is 0 Å². The van der Waals surface area contributed by atoms with E-state index in [0.29, 0.717) is 22.0 Å². The first-order valence-electron chi connectivity index (χ1n) is 13.3. The van der Waals surface area contributed by atoms with Crippen molar-refractivity contribution in [1.82, 2.24) is 5.43 Å². The van der Waals surface area contributed by atoms with Crippen molar-refractivity contribution in [3.8, 4) is 5.75 Å². The first-order valence-corrected chi connectivity index (χ1v) is 15.1. The molecule has 4 aromatic rings. The zero-order chi connectivity index (χ0) is 31.0. The number of sulfonamides is 1. The summed E-state index contributed by atoms with van der Waals surface area (Å²) in [6, 6.07) is 25.3. The van der Waals surface area contributed by atoms with Gasteiger partial charge in [0.2, 0.25) is 0 Å². The van der Waals surface area contributed by atoms with Crippen LogP contribution in [0.15, 0.2) is 101 Å². The van der Waals surface area contributed by atoms with E-state index in [-0.39, 0.29) is 23.1 Å². The van der Waals surface area contributed by atoms with Crippen molar-refractivity contribution < 1.29 is 22.7 Å². The third-order valence-corrected chi connectivity index (χ3v) is 8.52. The normalized spacial score (nSPS) is 11.3. The van der Waals surface area contributed by atoms with Gasteiger partial charge in [-0.25, -0.2) is 13.8 Å². The zero-order valence-corrected chi connectivity index (χ0v) is 25.4. The minimum atomic E-state index is -4.09. The van der Waals surface area contributed by atoms with Crippen molar-refractivity contribution >= 4 is 51.0 Å². The highest BCUT2D eigenvalue weighted by molar-refractivity contribution is 7.92. The number of anilines is 2. The molecular weight excluding hydrogens is 588 g/mol. The maximum Gasteiger partial charge on any atom is 0.264 e. The van der Waals surface area contributed by atoms with Crippen molar-refractivity contribution in [2.45, 2.75) is 25.7 Å². The molecule has 4 rings (SSSR count). The van der Waals surface area contributed by atoms with Crippen LogP contribution < -0.4 is 19.8 Å². The maximum atomic E-state index is 13.5. The molecule has 0 aliphatic heterocycles. The molecule has 222 valence electrons. The Morgan fingerprint density at radius 2 is 1.49 bits per heavy atom. The van der Waals surface area contributed by atoms with E-state index < -0.39 is 22.5 Å². The minimum Gasteiger partial charge on any atom is -0.484 e. The van der Waals surface area contributed by atoms with Gasteiger partial charge in [0, 0.05) is 10.7 Å². The van der Waals surface area contributed by atoms with Gasteiger partial charge in [-0.2, -0.15) is 5.10 Å². The highest BCUT2D eigenvalue weighted by Crippen LogP contribution is 2.28. The highest BCUT2D eigenvalue weighted by Gasteiger charge is 2.27. The standard InChI is InChI=1S/C32H31ClN4O5S/c1-22-4-11-26(12-5-22)35-32(39)21-42-28-14-9-25(10-15-28)19-34-36-31(38)20-37(27-13-8-24(3)30(33)18-27)43(40,41)29-16-6-23(2)7-17-29/h4-19H,20-21H2,1-3H3,(H,35,39)(H,36,38)/b34-19-. The third-order valence-electron chi connectivity index (χ3n) is 6.33. The number of nitrogens with zero attached hydrogens (tertiary/aromatic N) is 2. The molecule has 0 fully saturated rings. The molecule has 0 bridgehead atoms. The van der Waals surface area contributed by atoms with Crippen molar-refractivity contribution in [3.63, 3.8) is 0 Å². The number of ether oxygens (including phenoxy) is 1. The number of rotatable bonds is 11. The smallest absolute Gasteiger partial charge is 0.264 e. The summed E-state index contributed by atoms with van der Waals surface area (Å²) >= 11 is 6.27. The number of amides is 2. The summed E-state index contributed by atoms with van der Waals surface area (Å²) in [5, 5.41) is 7.11. The van der Waals surface area contributed by atoms with Crippen molar-refractivity contribution in [1.29, 1.82) is 0 Å². The second-order valence-corrected chi connectivity index (χ2v) is 12.1. The molecule has 0 saturated heterocycles. The van der Waals surface area contributed by atoms with E-state index in [2.05, 4.69) is 15.8 Å². The second-order valence-electron chi connectivity index (χ2n) is 9.82. The van der Waals surface area contributed by atoms with Crippen molar-refractivity contribution in [3.05, 3.63) is 118 Å². The summed E-state index contributed by atoms with van der Waals surface area (Å²) in [6.45, 7) is 4.94. The van der Waals surface area contributed by atoms with Crippen LogP contribution in [-0.2, 0) is 19.6 Å². The Bertz CT molecular complexity index is 1720. The van der Waals surface area contributed by atoms with Crippen LogP contribution in [0.2, 0.25) is 5.02 Å². The Morgan fingerprint density at radius 1 is 0.860 bits per heavy atom. The van der Waals surface area contributed by atoms with Crippen molar-refractivity contribution in [2.24, 2.45) is 5.10 Å². The fraction of sp³-hybridized carbons (Fsp3) is 0.156. The monoisotopic (exact) mass is 618 g/mol. The molecule has 0 aromatic heterocycles. The molecule has 0 atom stereocenters. The Labute approximate surface area is 256 Å². The van der Waals surface area contributed by atoms with Crippen LogP contribution in [0.5, 0.6) is 5.75 Å². The second kappa shape index (κ2) is 14.0. The largest absolute Gasteiger partial charge is 0.484 e. The molecule has 0 radical (unpaired) electrons. The first-order chi connectivity index (χ1) is 20.5.